The Labute approximate surface area is 92.8 Å². The summed E-state index contributed by atoms with van der Waals surface area (Å²) in [5.41, 5.74) is 7.02. The number of nitrogens with zero attached hydrogens (tertiary/aromatic N) is 2. The van der Waals surface area contributed by atoms with Crippen LogP contribution in [0.3, 0.4) is 0 Å². The quantitative estimate of drug-likeness (QED) is 0.807. The van der Waals surface area contributed by atoms with E-state index in [-0.39, 0.29) is 18.9 Å². The number of carbonyl (C=O) groups is 1. The van der Waals surface area contributed by atoms with Crippen molar-refractivity contribution < 1.29 is 9.90 Å². The maximum absolute atomic E-state index is 10.6. The lowest BCUT2D eigenvalue weighted by atomic mass is 9.97. The highest BCUT2D eigenvalue weighted by atomic mass is 35.5. The van der Waals surface area contributed by atoms with Gasteiger partial charge in [-0.2, -0.15) is 5.10 Å². The summed E-state index contributed by atoms with van der Waals surface area (Å²) in [7, 11) is 1.72. The molecule has 1 unspecified atom stereocenters. The van der Waals surface area contributed by atoms with E-state index in [1.165, 1.54) is 4.68 Å². The van der Waals surface area contributed by atoms with Gasteiger partial charge in [0.25, 0.3) is 0 Å². The summed E-state index contributed by atoms with van der Waals surface area (Å²) in [6.45, 7) is 2.05. The number of aromatic nitrogens is 2. The maximum atomic E-state index is 10.6. The number of carboxylic acids is 1. The Morgan fingerprint density at radius 3 is 2.67 bits per heavy atom. The minimum absolute atomic E-state index is 0.0250. The summed E-state index contributed by atoms with van der Waals surface area (Å²) in [4.78, 5) is 10.6. The molecule has 1 rings (SSSR count). The molecule has 0 saturated carbocycles. The van der Waals surface area contributed by atoms with Crippen molar-refractivity contribution in [3.63, 3.8) is 0 Å². The number of aliphatic carboxylic acids is 1. The summed E-state index contributed by atoms with van der Waals surface area (Å²) in [5, 5.41) is 13.3. The van der Waals surface area contributed by atoms with Crippen LogP contribution in [0.4, 0.5) is 0 Å². The van der Waals surface area contributed by atoms with E-state index < -0.39 is 5.97 Å². The number of carboxylic acid groups (broad SMARTS) is 1. The van der Waals surface area contributed by atoms with E-state index in [9.17, 15) is 4.79 Å². The van der Waals surface area contributed by atoms with Crippen molar-refractivity contribution in [2.24, 2.45) is 12.8 Å². The van der Waals surface area contributed by atoms with Crippen LogP contribution < -0.4 is 5.73 Å². The molecule has 0 aromatic carbocycles. The molecule has 0 aliphatic heterocycles. The first-order valence-corrected chi connectivity index (χ1v) is 4.96. The molecule has 3 N–H and O–H groups in total. The Hall–Kier alpha value is -1.07. The van der Waals surface area contributed by atoms with E-state index in [0.29, 0.717) is 5.15 Å². The number of nitrogens with two attached hydrogens (primary N) is 1. The van der Waals surface area contributed by atoms with Gasteiger partial charge in [0.2, 0.25) is 0 Å². The van der Waals surface area contributed by atoms with Crippen molar-refractivity contribution in [2.45, 2.75) is 19.3 Å². The molecule has 15 heavy (non-hydrogen) atoms. The van der Waals surface area contributed by atoms with Gasteiger partial charge in [-0.3, -0.25) is 9.48 Å². The summed E-state index contributed by atoms with van der Waals surface area (Å²) < 4.78 is 1.52. The average Bonchev–Trinajstić information content (AvgIpc) is 2.38. The smallest absolute Gasteiger partial charge is 0.304 e. The number of hydrogen-bond donors (Lipinski definition) is 2. The Kier molecular flexibility index (Phi) is 3.71. The van der Waals surface area contributed by atoms with Crippen LogP contribution in [0.1, 0.15) is 23.6 Å². The molecule has 1 aromatic heterocycles. The lowest BCUT2D eigenvalue weighted by Gasteiger charge is -2.11. The first-order chi connectivity index (χ1) is 6.97. The van der Waals surface area contributed by atoms with Gasteiger partial charge in [0.15, 0.2) is 0 Å². The highest BCUT2D eigenvalue weighted by Gasteiger charge is 2.22. The van der Waals surface area contributed by atoms with Crippen molar-refractivity contribution in [1.29, 1.82) is 0 Å². The van der Waals surface area contributed by atoms with Crippen LogP contribution >= 0.6 is 11.6 Å². The van der Waals surface area contributed by atoms with Crippen molar-refractivity contribution in [2.75, 3.05) is 6.54 Å². The normalized spacial score (nSPS) is 12.8. The molecule has 84 valence electrons. The molecule has 0 amide bonds. The van der Waals surface area contributed by atoms with Crippen molar-refractivity contribution >= 4 is 17.6 Å². The molecular formula is C9H14ClN3O2. The van der Waals surface area contributed by atoms with Crippen molar-refractivity contribution in [3.05, 3.63) is 16.4 Å². The van der Waals surface area contributed by atoms with Crippen LogP contribution in [-0.2, 0) is 11.8 Å². The Bertz CT molecular complexity index is 376. The standard InChI is InChI=1S/C9H14ClN3O2/c1-5-8(9(10)13(2)12-5)6(4-11)3-7(14)15/h6H,3-4,11H2,1-2H3,(H,14,15). The summed E-state index contributed by atoms with van der Waals surface area (Å²) in [6, 6.07) is 0. The van der Waals surface area contributed by atoms with E-state index in [0.717, 1.165) is 11.3 Å². The second-order valence-corrected chi connectivity index (χ2v) is 3.80. The largest absolute Gasteiger partial charge is 0.481 e. The zero-order valence-corrected chi connectivity index (χ0v) is 9.45. The molecule has 0 radical (unpaired) electrons. The van der Waals surface area contributed by atoms with E-state index in [4.69, 9.17) is 22.4 Å². The van der Waals surface area contributed by atoms with Gasteiger partial charge < -0.3 is 10.8 Å². The van der Waals surface area contributed by atoms with Gasteiger partial charge in [0.05, 0.1) is 12.1 Å². The van der Waals surface area contributed by atoms with Gasteiger partial charge in [-0.15, -0.1) is 0 Å². The van der Waals surface area contributed by atoms with E-state index >= 15 is 0 Å². The molecule has 6 heteroatoms. The Morgan fingerprint density at radius 2 is 2.33 bits per heavy atom. The second kappa shape index (κ2) is 4.63. The Balaban J connectivity index is 3.06. The van der Waals surface area contributed by atoms with Crippen LogP contribution in [-0.4, -0.2) is 27.4 Å². The van der Waals surface area contributed by atoms with E-state index in [2.05, 4.69) is 5.10 Å². The monoisotopic (exact) mass is 231 g/mol. The second-order valence-electron chi connectivity index (χ2n) is 3.44. The molecule has 1 atom stereocenters. The minimum atomic E-state index is -0.884. The van der Waals surface area contributed by atoms with Gasteiger partial charge in [-0.05, 0) is 13.5 Å². The minimum Gasteiger partial charge on any atom is -0.481 e. The first-order valence-electron chi connectivity index (χ1n) is 4.58. The summed E-state index contributed by atoms with van der Waals surface area (Å²) in [5.74, 6) is -1.16. The van der Waals surface area contributed by atoms with Crippen LogP contribution in [0.15, 0.2) is 0 Å². The number of hydrogen-bond acceptors (Lipinski definition) is 3. The van der Waals surface area contributed by atoms with E-state index in [1.54, 1.807) is 14.0 Å². The zero-order valence-electron chi connectivity index (χ0n) is 8.70. The van der Waals surface area contributed by atoms with Gasteiger partial charge in [0, 0.05) is 18.5 Å². The molecule has 5 nitrogen and oxygen atoms in total. The third-order valence-corrected chi connectivity index (χ3v) is 2.76. The van der Waals surface area contributed by atoms with Gasteiger partial charge in [-0.1, -0.05) is 11.6 Å². The molecule has 0 fully saturated rings. The number of rotatable bonds is 4. The molecule has 0 saturated heterocycles. The van der Waals surface area contributed by atoms with Gasteiger partial charge in [0.1, 0.15) is 5.15 Å². The number of halogens is 1. The van der Waals surface area contributed by atoms with Crippen LogP contribution in [0, 0.1) is 6.92 Å². The maximum Gasteiger partial charge on any atom is 0.304 e. The predicted octanol–water partition coefficient (Wildman–Crippen LogP) is 0.899. The first kappa shape index (κ1) is 12.0. The van der Waals surface area contributed by atoms with Crippen LogP contribution in [0.5, 0.6) is 0 Å². The van der Waals surface area contributed by atoms with Crippen molar-refractivity contribution in [1.82, 2.24) is 9.78 Å². The fraction of sp³-hybridized carbons (Fsp3) is 0.556. The lowest BCUT2D eigenvalue weighted by molar-refractivity contribution is -0.137. The van der Waals surface area contributed by atoms with E-state index in [1.807, 2.05) is 0 Å². The van der Waals surface area contributed by atoms with Crippen molar-refractivity contribution in [3.8, 4) is 0 Å². The average molecular weight is 232 g/mol. The van der Waals surface area contributed by atoms with Crippen LogP contribution in [0.25, 0.3) is 0 Å². The predicted molar refractivity (Wildman–Crippen MR) is 57.0 cm³/mol. The third-order valence-electron chi connectivity index (χ3n) is 2.31. The SMILES string of the molecule is Cc1nn(C)c(Cl)c1C(CN)CC(=O)O. The molecular weight excluding hydrogens is 218 g/mol. The zero-order chi connectivity index (χ0) is 11.6. The number of aryl methyl sites for hydroxylation is 2. The molecule has 0 spiro atoms. The third kappa shape index (κ3) is 2.49. The van der Waals surface area contributed by atoms with Gasteiger partial charge >= 0.3 is 5.97 Å². The molecule has 0 aliphatic carbocycles. The Morgan fingerprint density at radius 1 is 1.73 bits per heavy atom. The fourth-order valence-corrected chi connectivity index (χ4v) is 1.95. The summed E-state index contributed by atoms with van der Waals surface area (Å²) in [6.07, 6.45) is -0.0250. The van der Waals surface area contributed by atoms with Crippen LogP contribution in [0.2, 0.25) is 5.15 Å². The lowest BCUT2D eigenvalue weighted by Crippen LogP contribution is -2.17. The molecule has 0 aliphatic rings. The molecule has 0 bridgehead atoms. The summed E-state index contributed by atoms with van der Waals surface area (Å²) >= 11 is 6.02. The fourth-order valence-electron chi connectivity index (χ4n) is 1.62. The topological polar surface area (TPSA) is 81.1 Å². The highest BCUT2D eigenvalue weighted by molar-refractivity contribution is 6.30. The molecule has 1 heterocycles. The van der Waals surface area contributed by atoms with Gasteiger partial charge in [-0.25, -0.2) is 0 Å². The highest BCUT2D eigenvalue weighted by Crippen LogP contribution is 2.28. The molecule has 1 aromatic rings.